The van der Waals surface area contributed by atoms with Crippen LogP contribution in [-0.4, -0.2) is 41.0 Å². The molecule has 3 aromatic rings. The van der Waals surface area contributed by atoms with E-state index in [0.29, 0.717) is 19.5 Å². The van der Waals surface area contributed by atoms with Crippen molar-refractivity contribution in [3.8, 4) is 11.4 Å². The van der Waals surface area contributed by atoms with Crippen LogP contribution in [0.5, 0.6) is 0 Å². The normalized spacial score (nSPS) is 12.9. The van der Waals surface area contributed by atoms with E-state index in [-0.39, 0.29) is 6.03 Å². The maximum Gasteiger partial charge on any atom is 0.322 e. The minimum absolute atomic E-state index is 0.0919. The van der Waals surface area contributed by atoms with Crippen molar-refractivity contribution >= 4 is 17.5 Å². The Hall–Kier alpha value is -3.41. The highest BCUT2D eigenvalue weighted by molar-refractivity contribution is 5.89. The lowest BCUT2D eigenvalue weighted by molar-refractivity contribution is 0.206. The Morgan fingerprint density at radius 3 is 2.55 bits per heavy atom. The lowest BCUT2D eigenvalue weighted by atomic mass is 10.0. The molecule has 2 amide bonds. The molecule has 2 aromatic carbocycles. The summed E-state index contributed by atoms with van der Waals surface area (Å²) < 4.78 is 0. The molecule has 0 aliphatic carbocycles. The molecule has 0 saturated carbocycles. The standard InChI is InChI=1S/C25H29N5O/c1-4-15-29(3)24-21-17-30(25(31)26-20-12-10-18(2)11-13-20)16-14-22(21)27-23(28-24)19-8-6-5-7-9-19/h5-13H,4,14-17H2,1-3H3,(H,26,31). The second-order valence-electron chi connectivity index (χ2n) is 8.05. The summed E-state index contributed by atoms with van der Waals surface area (Å²) in [7, 11) is 2.06. The number of fused-ring (bicyclic) bond motifs is 1. The summed E-state index contributed by atoms with van der Waals surface area (Å²) in [6.45, 7) is 6.22. The topological polar surface area (TPSA) is 61.4 Å². The molecule has 1 N–H and O–H groups in total. The molecule has 6 nitrogen and oxygen atoms in total. The van der Waals surface area contributed by atoms with Gasteiger partial charge in [0.15, 0.2) is 5.82 Å². The van der Waals surface area contributed by atoms with Crippen molar-refractivity contribution in [3.63, 3.8) is 0 Å². The SMILES string of the molecule is CCCN(C)c1nc(-c2ccccc2)nc2c1CN(C(=O)Nc1ccc(C)cc1)CC2. The van der Waals surface area contributed by atoms with Crippen molar-refractivity contribution in [1.82, 2.24) is 14.9 Å². The van der Waals surface area contributed by atoms with E-state index in [0.717, 1.165) is 47.1 Å². The van der Waals surface area contributed by atoms with E-state index in [4.69, 9.17) is 9.97 Å². The number of hydrogen-bond donors (Lipinski definition) is 1. The zero-order valence-electron chi connectivity index (χ0n) is 18.4. The largest absolute Gasteiger partial charge is 0.359 e. The van der Waals surface area contributed by atoms with E-state index < -0.39 is 0 Å². The van der Waals surface area contributed by atoms with Gasteiger partial charge in [-0.2, -0.15) is 0 Å². The van der Waals surface area contributed by atoms with Crippen LogP contribution in [0.15, 0.2) is 54.6 Å². The summed E-state index contributed by atoms with van der Waals surface area (Å²) in [6, 6.07) is 17.8. The molecule has 0 bridgehead atoms. The lowest BCUT2D eigenvalue weighted by Gasteiger charge is -2.32. The number of carbonyl (C=O) groups excluding carboxylic acids is 1. The van der Waals surface area contributed by atoms with Crippen molar-refractivity contribution in [2.45, 2.75) is 33.2 Å². The van der Waals surface area contributed by atoms with Crippen LogP contribution >= 0.6 is 0 Å². The summed E-state index contributed by atoms with van der Waals surface area (Å²) in [5, 5.41) is 3.01. The monoisotopic (exact) mass is 415 g/mol. The van der Waals surface area contributed by atoms with Crippen molar-refractivity contribution in [1.29, 1.82) is 0 Å². The molecule has 1 aromatic heterocycles. The number of hydrogen-bond acceptors (Lipinski definition) is 4. The number of aryl methyl sites for hydroxylation is 1. The highest BCUT2D eigenvalue weighted by Gasteiger charge is 2.27. The van der Waals surface area contributed by atoms with Gasteiger partial charge in [0.25, 0.3) is 0 Å². The van der Waals surface area contributed by atoms with Gasteiger partial charge in [-0.25, -0.2) is 14.8 Å². The first-order valence-corrected chi connectivity index (χ1v) is 10.8. The molecular weight excluding hydrogens is 386 g/mol. The number of benzene rings is 2. The van der Waals surface area contributed by atoms with Crippen LogP contribution in [0.2, 0.25) is 0 Å². The fourth-order valence-electron chi connectivity index (χ4n) is 3.88. The van der Waals surface area contributed by atoms with Crippen LogP contribution < -0.4 is 10.2 Å². The maximum absolute atomic E-state index is 12.9. The molecular formula is C25H29N5O. The predicted octanol–water partition coefficient (Wildman–Crippen LogP) is 4.89. The van der Waals surface area contributed by atoms with E-state index in [9.17, 15) is 4.79 Å². The first-order valence-electron chi connectivity index (χ1n) is 10.8. The minimum Gasteiger partial charge on any atom is -0.359 e. The summed E-state index contributed by atoms with van der Waals surface area (Å²) >= 11 is 0. The lowest BCUT2D eigenvalue weighted by Crippen LogP contribution is -2.40. The van der Waals surface area contributed by atoms with Gasteiger partial charge in [0, 0.05) is 43.4 Å². The van der Waals surface area contributed by atoms with Gasteiger partial charge in [-0.15, -0.1) is 0 Å². The van der Waals surface area contributed by atoms with Crippen molar-refractivity contribution in [2.75, 3.05) is 30.4 Å². The quantitative estimate of drug-likeness (QED) is 0.645. The summed E-state index contributed by atoms with van der Waals surface area (Å²) in [4.78, 5) is 26.7. The predicted molar refractivity (Wildman–Crippen MR) is 125 cm³/mol. The summed E-state index contributed by atoms with van der Waals surface area (Å²) in [5.41, 5.74) is 5.06. The smallest absolute Gasteiger partial charge is 0.322 e. The van der Waals surface area contributed by atoms with Gasteiger partial charge in [-0.3, -0.25) is 0 Å². The van der Waals surface area contributed by atoms with E-state index in [2.05, 4.69) is 24.2 Å². The van der Waals surface area contributed by atoms with Crippen LogP contribution in [0.3, 0.4) is 0 Å². The Morgan fingerprint density at radius 2 is 1.84 bits per heavy atom. The van der Waals surface area contributed by atoms with E-state index in [1.165, 1.54) is 5.56 Å². The Balaban J connectivity index is 1.62. The maximum atomic E-state index is 12.9. The highest BCUT2D eigenvalue weighted by Crippen LogP contribution is 2.29. The first-order chi connectivity index (χ1) is 15.0. The van der Waals surface area contributed by atoms with Crippen LogP contribution in [0.4, 0.5) is 16.3 Å². The number of rotatable bonds is 5. The molecule has 0 unspecified atom stereocenters. The van der Waals surface area contributed by atoms with E-state index in [1.54, 1.807) is 0 Å². The Kier molecular flexibility index (Phi) is 6.16. The molecule has 0 fully saturated rings. The van der Waals surface area contributed by atoms with Crippen molar-refractivity contribution in [3.05, 3.63) is 71.4 Å². The second-order valence-corrected chi connectivity index (χ2v) is 8.05. The molecule has 2 heterocycles. The number of urea groups is 1. The van der Waals surface area contributed by atoms with Gasteiger partial charge in [-0.05, 0) is 25.5 Å². The number of nitrogens with one attached hydrogen (secondary N) is 1. The van der Waals surface area contributed by atoms with Crippen molar-refractivity contribution in [2.24, 2.45) is 0 Å². The summed E-state index contributed by atoms with van der Waals surface area (Å²) in [6.07, 6.45) is 1.74. The van der Waals surface area contributed by atoms with Gasteiger partial charge in [-0.1, -0.05) is 55.0 Å². The van der Waals surface area contributed by atoms with E-state index in [1.807, 2.05) is 66.4 Å². The van der Waals surface area contributed by atoms with Gasteiger partial charge < -0.3 is 15.1 Å². The first kappa shape index (κ1) is 20.8. The highest BCUT2D eigenvalue weighted by atomic mass is 16.2. The average molecular weight is 416 g/mol. The molecule has 1 aliphatic heterocycles. The second kappa shape index (κ2) is 9.16. The van der Waals surface area contributed by atoms with Crippen LogP contribution in [-0.2, 0) is 13.0 Å². The molecule has 0 spiro atoms. The van der Waals surface area contributed by atoms with E-state index >= 15 is 0 Å². The molecule has 4 rings (SSSR count). The van der Waals surface area contributed by atoms with Crippen molar-refractivity contribution < 1.29 is 4.79 Å². The number of aromatic nitrogens is 2. The minimum atomic E-state index is -0.0919. The molecule has 160 valence electrons. The van der Waals surface area contributed by atoms with Gasteiger partial charge >= 0.3 is 6.03 Å². The number of amides is 2. The number of carbonyl (C=O) groups is 1. The fourth-order valence-corrected chi connectivity index (χ4v) is 3.88. The van der Waals surface area contributed by atoms with Crippen LogP contribution in [0, 0.1) is 6.92 Å². The molecule has 0 atom stereocenters. The van der Waals surface area contributed by atoms with Gasteiger partial charge in [0.05, 0.1) is 12.2 Å². The number of anilines is 2. The molecule has 0 radical (unpaired) electrons. The Morgan fingerprint density at radius 1 is 1.10 bits per heavy atom. The third-order valence-electron chi connectivity index (χ3n) is 5.58. The fraction of sp³-hybridized carbons (Fsp3) is 0.320. The zero-order valence-corrected chi connectivity index (χ0v) is 18.4. The molecule has 0 saturated heterocycles. The van der Waals surface area contributed by atoms with Gasteiger partial charge in [0.1, 0.15) is 5.82 Å². The molecule has 1 aliphatic rings. The average Bonchev–Trinajstić information content (AvgIpc) is 2.80. The molecule has 6 heteroatoms. The molecule has 31 heavy (non-hydrogen) atoms. The third-order valence-corrected chi connectivity index (χ3v) is 5.58. The van der Waals surface area contributed by atoms with Gasteiger partial charge in [0.2, 0.25) is 0 Å². The Bertz CT molecular complexity index is 1050. The third kappa shape index (κ3) is 4.68. The Labute approximate surface area is 183 Å². The number of nitrogens with zero attached hydrogens (tertiary/aromatic N) is 4. The van der Waals surface area contributed by atoms with Crippen LogP contribution in [0.25, 0.3) is 11.4 Å². The summed E-state index contributed by atoms with van der Waals surface area (Å²) in [5.74, 6) is 1.66. The zero-order chi connectivity index (χ0) is 21.8. The van der Waals surface area contributed by atoms with Crippen LogP contribution in [0.1, 0.15) is 30.2 Å².